The molecule has 0 unspecified atom stereocenters. The minimum absolute atomic E-state index is 0.0179. The predicted molar refractivity (Wildman–Crippen MR) is 93.7 cm³/mol. The molecule has 0 saturated heterocycles. The SMILES string of the molecule is O=C(C[S@](=O)Cc1coc(-c2ccccc2)n1)NC1CCCCC1. The fourth-order valence-electron chi connectivity index (χ4n) is 2.97. The van der Waals surface area contributed by atoms with Gasteiger partial charge in [0.2, 0.25) is 11.8 Å². The van der Waals surface area contributed by atoms with Crippen LogP contribution in [0.2, 0.25) is 0 Å². The van der Waals surface area contributed by atoms with Gasteiger partial charge in [0.05, 0.1) is 11.4 Å². The highest BCUT2D eigenvalue weighted by atomic mass is 32.2. The van der Waals surface area contributed by atoms with E-state index in [1.165, 1.54) is 12.7 Å². The Kier molecular flexibility index (Phi) is 5.80. The van der Waals surface area contributed by atoms with Crippen molar-refractivity contribution in [2.75, 3.05) is 5.75 Å². The molecule has 1 amide bonds. The summed E-state index contributed by atoms with van der Waals surface area (Å²) in [6, 6.07) is 9.81. The number of amides is 1. The first-order valence-corrected chi connectivity index (χ1v) is 9.83. The Morgan fingerprint density at radius 2 is 1.96 bits per heavy atom. The van der Waals surface area contributed by atoms with E-state index in [-0.39, 0.29) is 23.5 Å². The van der Waals surface area contributed by atoms with Crippen molar-refractivity contribution in [2.24, 2.45) is 0 Å². The number of hydrogen-bond acceptors (Lipinski definition) is 4. The minimum atomic E-state index is -1.28. The number of oxazole rings is 1. The Morgan fingerprint density at radius 1 is 1.21 bits per heavy atom. The molecule has 1 aliphatic carbocycles. The van der Waals surface area contributed by atoms with E-state index in [2.05, 4.69) is 10.3 Å². The van der Waals surface area contributed by atoms with E-state index in [4.69, 9.17) is 4.42 Å². The first kappa shape index (κ1) is 16.9. The van der Waals surface area contributed by atoms with Crippen molar-refractivity contribution in [3.05, 3.63) is 42.3 Å². The fourth-order valence-corrected chi connectivity index (χ4v) is 3.91. The smallest absolute Gasteiger partial charge is 0.232 e. The van der Waals surface area contributed by atoms with Crippen molar-refractivity contribution in [3.63, 3.8) is 0 Å². The molecule has 1 aromatic carbocycles. The summed E-state index contributed by atoms with van der Waals surface area (Å²) in [5, 5.41) is 2.99. The molecule has 0 spiro atoms. The molecular formula is C18H22N2O3S. The zero-order valence-electron chi connectivity index (χ0n) is 13.6. The van der Waals surface area contributed by atoms with E-state index in [1.807, 2.05) is 30.3 Å². The lowest BCUT2D eigenvalue weighted by molar-refractivity contribution is -0.119. The number of nitrogens with zero attached hydrogens (tertiary/aromatic N) is 1. The van der Waals surface area contributed by atoms with Crippen molar-refractivity contribution in [3.8, 4) is 11.5 Å². The van der Waals surface area contributed by atoms with Gasteiger partial charge >= 0.3 is 0 Å². The zero-order chi connectivity index (χ0) is 16.8. The van der Waals surface area contributed by atoms with Crippen molar-refractivity contribution in [1.29, 1.82) is 0 Å². The van der Waals surface area contributed by atoms with Crippen LogP contribution in [0.15, 0.2) is 41.0 Å². The summed E-state index contributed by atoms with van der Waals surface area (Å²) in [7, 11) is -1.28. The lowest BCUT2D eigenvalue weighted by atomic mass is 9.95. The lowest BCUT2D eigenvalue weighted by Crippen LogP contribution is -2.38. The van der Waals surface area contributed by atoms with Crippen LogP contribution >= 0.6 is 0 Å². The maximum atomic E-state index is 12.2. The van der Waals surface area contributed by atoms with Crippen LogP contribution in [-0.2, 0) is 21.3 Å². The van der Waals surface area contributed by atoms with Crippen LogP contribution in [0.25, 0.3) is 11.5 Å². The second-order valence-electron chi connectivity index (χ2n) is 6.14. The quantitative estimate of drug-likeness (QED) is 0.872. The minimum Gasteiger partial charge on any atom is -0.444 e. The van der Waals surface area contributed by atoms with Crippen LogP contribution in [0, 0.1) is 0 Å². The third kappa shape index (κ3) is 4.77. The normalized spacial score (nSPS) is 16.7. The molecule has 1 heterocycles. The number of carbonyl (C=O) groups is 1. The van der Waals surface area contributed by atoms with Gasteiger partial charge in [-0.2, -0.15) is 0 Å². The van der Waals surface area contributed by atoms with Crippen LogP contribution in [0.4, 0.5) is 0 Å². The van der Waals surface area contributed by atoms with E-state index < -0.39 is 10.8 Å². The van der Waals surface area contributed by atoms with Gasteiger partial charge in [0.1, 0.15) is 12.0 Å². The van der Waals surface area contributed by atoms with E-state index in [1.54, 1.807) is 0 Å². The lowest BCUT2D eigenvalue weighted by Gasteiger charge is -2.22. The second kappa shape index (κ2) is 8.24. The van der Waals surface area contributed by atoms with Crippen LogP contribution < -0.4 is 5.32 Å². The summed E-state index contributed by atoms with van der Waals surface area (Å²) in [5.74, 6) is 0.625. The molecule has 128 valence electrons. The topological polar surface area (TPSA) is 72.2 Å². The third-order valence-corrected chi connectivity index (χ3v) is 5.35. The van der Waals surface area contributed by atoms with Gasteiger partial charge in [0, 0.05) is 22.4 Å². The zero-order valence-corrected chi connectivity index (χ0v) is 14.4. The predicted octanol–water partition coefficient (Wildman–Crippen LogP) is 3.04. The van der Waals surface area contributed by atoms with E-state index >= 15 is 0 Å². The molecule has 5 nitrogen and oxygen atoms in total. The monoisotopic (exact) mass is 346 g/mol. The number of nitrogens with one attached hydrogen (secondary N) is 1. The maximum absolute atomic E-state index is 12.2. The molecule has 1 aliphatic rings. The highest BCUT2D eigenvalue weighted by Gasteiger charge is 2.18. The molecule has 1 fully saturated rings. The fraction of sp³-hybridized carbons (Fsp3) is 0.444. The largest absolute Gasteiger partial charge is 0.444 e. The molecule has 1 atom stereocenters. The number of aromatic nitrogens is 1. The molecule has 1 aromatic heterocycles. The number of rotatable bonds is 6. The van der Waals surface area contributed by atoms with Gasteiger partial charge in [-0.25, -0.2) is 4.98 Å². The molecule has 0 radical (unpaired) electrons. The van der Waals surface area contributed by atoms with Gasteiger partial charge in [-0.1, -0.05) is 37.5 Å². The van der Waals surface area contributed by atoms with Gasteiger partial charge in [-0.3, -0.25) is 9.00 Å². The summed E-state index contributed by atoms with van der Waals surface area (Å²) in [5.41, 5.74) is 1.49. The summed E-state index contributed by atoms with van der Waals surface area (Å²) >= 11 is 0. The number of benzene rings is 1. The van der Waals surface area contributed by atoms with Crippen molar-refractivity contribution >= 4 is 16.7 Å². The van der Waals surface area contributed by atoms with Crippen molar-refractivity contribution in [2.45, 2.75) is 43.9 Å². The van der Waals surface area contributed by atoms with Gasteiger partial charge in [0.25, 0.3) is 0 Å². The Morgan fingerprint density at radius 3 is 2.71 bits per heavy atom. The average molecular weight is 346 g/mol. The standard InChI is InChI=1S/C18H22N2O3S/c21-17(19-15-9-5-2-6-10-15)13-24(22)12-16-11-23-18(20-16)14-7-3-1-4-8-14/h1,3-4,7-8,11,15H,2,5-6,9-10,12-13H2,(H,19,21)/t24-/m1/s1. The molecule has 2 aromatic rings. The maximum Gasteiger partial charge on any atom is 0.232 e. The van der Waals surface area contributed by atoms with E-state index in [0.29, 0.717) is 11.6 Å². The Balaban J connectivity index is 1.50. The van der Waals surface area contributed by atoms with E-state index in [9.17, 15) is 9.00 Å². The Labute approximate surface area is 144 Å². The van der Waals surface area contributed by atoms with Gasteiger partial charge in [0.15, 0.2) is 0 Å². The van der Waals surface area contributed by atoms with Crippen LogP contribution in [0.1, 0.15) is 37.8 Å². The summed E-state index contributed by atoms with van der Waals surface area (Å²) < 4.78 is 17.6. The molecule has 0 bridgehead atoms. The van der Waals surface area contributed by atoms with Gasteiger partial charge in [-0.05, 0) is 25.0 Å². The first-order chi connectivity index (χ1) is 11.7. The number of hydrogen-bond donors (Lipinski definition) is 1. The molecule has 24 heavy (non-hydrogen) atoms. The van der Waals surface area contributed by atoms with Crippen LogP contribution in [0.5, 0.6) is 0 Å². The molecule has 6 heteroatoms. The first-order valence-electron chi connectivity index (χ1n) is 8.35. The Bertz CT molecular complexity index is 693. The van der Waals surface area contributed by atoms with Crippen LogP contribution in [-0.4, -0.2) is 26.9 Å². The van der Waals surface area contributed by atoms with Gasteiger partial charge in [-0.15, -0.1) is 0 Å². The van der Waals surface area contributed by atoms with E-state index in [0.717, 1.165) is 31.2 Å². The molecular weight excluding hydrogens is 324 g/mol. The molecule has 1 saturated carbocycles. The van der Waals surface area contributed by atoms with Crippen molar-refractivity contribution in [1.82, 2.24) is 10.3 Å². The molecule has 1 N–H and O–H groups in total. The van der Waals surface area contributed by atoms with Gasteiger partial charge < -0.3 is 9.73 Å². The molecule has 3 rings (SSSR count). The second-order valence-corrected chi connectivity index (χ2v) is 7.60. The molecule has 0 aliphatic heterocycles. The summed E-state index contributed by atoms with van der Waals surface area (Å²) in [6.07, 6.45) is 7.14. The highest BCUT2D eigenvalue weighted by Crippen LogP contribution is 2.19. The average Bonchev–Trinajstić information content (AvgIpc) is 3.04. The summed E-state index contributed by atoms with van der Waals surface area (Å²) in [6.45, 7) is 0. The van der Waals surface area contributed by atoms with Crippen LogP contribution in [0.3, 0.4) is 0 Å². The third-order valence-electron chi connectivity index (χ3n) is 4.14. The van der Waals surface area contributed by atoms with Crippen molar-refractivity contribution < 1.29 is 13.4 Å². The Hall–Kier alpha value is -1.95. The summed E-state index contributed by atoms with van der Waals surface area (Å²) in [4.78, 5) is 16.3. The highest BCUT2D eigenvalue weighted by molar-refractivity contribution is 7.84. The number of carbonyl (C=O) groups excluding carboxylic acids is 1.